The number of carbonyl (C=O) groups is 1. The number of amides is 1. The van der Waals surface area contributed by atoms with Gasteiger partial charge in [-0.1, -0.05) is 18.2 Å². The van der Waals surface area contributed by atoms with Gasteiger partial charge >= 0.3 is 5.88 Å². The first kappa shape index (κ1) is 15.2. The van der Waals surface area contributed by atoms with Gasteiger partial charge in [0.05, 0.1) is 12.3 Å². The molecule has 0 saturated carbocycles. The summed E-state index contributed by atoms with van der Waals surface area (Å²) in [5.74, 6) is -0.516. The van der Waals surface area contributed by atoms with Gasteiger partial charge in [-0.3, -0.25) is 20.0 Å². The number of aromatic amines is 1. The average Bonchev–Trinajstić information content (AvgIpc) is 3.24. The van der Waals surface area contributed by atoms with E-state index < -0.39 is 4.92 Å². The van der Waals surface area contributed by atoms with E-state index in [-0.39, 0.29) is 17.6 Å². The third-order valence-electron chi connectivity index (χ3n) is 3.08. The van der Waals surface area contributed by atoms with E-state index in [4.69, 9.17) is 4.42 Å². The molecule has 0 atom stereocenters. The predicted molar refractivity (Wildman–Crippen MR) is 84.4 cm³/mol. The Morgan fingerprint density at radius 3 is 2.79 bits per heavy atom. The van der Waals surface area contributed by atoms with Gasteiger partial charge in [0, 0.05) is 17.3 Å². The number of rotatable bonds is 5. The van der Waals surface area contributed by atoms with Crippen molar-refractivity contribution < 1.29 is 14.1 Å². The second-order valence-electron chi connectivity index (χ2n) is 4.65. The van der Waals surface area contributed by atoms with E-state index in [1.54, 1.807) is 30.3 Å². The lowest BCUT2D eigenvalue weighted by molar-refractivity contribution is -0.401. The van der Waals surface area contributed by atoms with Gasteiger partial charge in [-0.25, -0.2) is 5.43 Å². The lowest BCUT2D eigenvalue weighted by Gasteiger charge is -1.98. The Morgan fingerprint density at radius 1 is 1.29 bits per heavy atom. The van der Waals surface area contributed by atoms with Crippen LogP contribution in [0, 0.1) is 10.1 Å². The van der Waals surface area contributed by atoms with Crippen LogP contribution in [0.3, 0.4) is 0 Å². The highest BCUT2D eigenvalue weighted by Gasteiger charge is 2.16. The van der Waals surface area contributed by atoms with Crippen LogP contribution in [0.15, 0.2) is 58.2 Å². The average molecular weight is 325 g/mol. The number of hydrazone groups is 1. The molecule has 24 heavy (non-hydrogen) atoms. The first-order chi connectivity index (χ1) is 11.6. The summed E-state index contributed by atoms with van der Waals surface area (Å²) in [5, 5.41) is 21.1. The number of H-pyrrole nitrogens is 1. The SMILES string of the molecule is O=C(N/N=C/c1c[nH]nc1-c1ccc([N+](=O)[O-])o1)c1ccccc1. The maximum Gasteiger partial charge on any atom is 0.433 e. The van der Waals surface area contributed by atoms with Gasteiger partial charge < -0.3 is 4.42 Å². The highest BCUT2D eigenvalue weighted by atomic mass is 16.6. The van der Waals surface area contributed by atoms with Crippen LogP contribution < -0.4 is 5.43 Å². The van der Waals surface area contributed by atoms with Gasteiger partial charge in [-0.15, -0.1) is 0 Å². The second kappa shape index (κ2) is 6.57. The molecule has 2 heterocycles. The Hall–Kier alpha value is -3.75. The molecule has 0 radical (unpaired) electrons. The van der Waals surface area contributed by atoms with Crippen molar-refractivity contribution in [2.45, 2.75) is 0 Å². The van der Waals surface area contributed by atoms with Crippen LogP contribution in [0.5, 0.6) is 0 Å². The van der Waals surface area contributed by atoms with Crippen molar-refractivity contribution >= 4 is 18.0 Å². The van der Waals surface area contributed by atoms with E-state index in [2.05, 4.69) is 20.7 Å². The summed E-state index contributed by atoms with van der Waals surface area (Å²) in [5.41, 5.74) is 3.72. The first-order valence-corrected chi connectivity index (χ1v) is 6.82. The Kier molecular flexibility index (Phi) is 4.15. The Balaban J connectivity index is 1.73. The number of nitrogens with zero attached hydrogens (tertiary/aromatic N) is 3. The van der Waals surface area contributed by atoms with Crippen LogP contribution in [-0.4, -0.2) is 27.2 Å². The van der Waals surface area contributed by atoms with Crippen LogP contribution in [0.4, 0.5) is 5.88 Å². The Morgan fingerprint density at radius 2 is 2.08 bits per heavy atom. The number of hydrogen-bond acceptors (Lipinski definition) is 6. The molecular weight excluding hydrogens is 314 g/mol. The van der Waals surface area contributed by atoms with Crippen molar-refractivity contribution in [1.29, 1.82) is 0 Å². The van der Waals surface area contributed by atoms with Gasteiger partial charge in [-0.2, -0.15) is 10.2 Å². The van der Waals surface area contributed by atoms with Crippen LogP contribution in [0.25, 0.3) is 11.5 Å². The van der Waals surface area contributed by atoms with Crippen molar-refractivity contribution in [3.63, 3.8) is 0 Å². The van der Waals surface area contributed by atoms with Crippen LogP contribution >= 0.6 is 0 Å². The smallest absolute Gasteiger partial charge is 0.399 e. The molecule has 0 aliphatic heterocycles. The van der Waals surface area contributed by atoms with Gasteiger partial charge in [0.25, 0.3) is 5.91 Å². The molecule has 2 N–H and O–H groups in total. The molecular formula is C15H11N5O4. The number of aromatic nitrogens is 2. The second-order valence-corrected chi connectivity index (χ2v) is 4.65. The Labute approximate surface area is 135 Å². The van der Waals surface area contributed by atoms with E-state index >= 15 is 0 Å². The minimum absolute atomic E-state index is 0.221. The van der Waals surface area contributed by atoms with Gasteiger partial charge in [0.15, 0.2) is 5.76 Å². The molecule has 1 amide bonds. The predicted octanol–water partition coefficient (Wildman–Crippen LogP) is 2.34. The summed E-state index contributed by atoms with van der Waals surface area (Å²) in [6.07, 6.45) is 2.90. The zero-order chi connectivity index (χ0) is 16.9. The normalized spacial score (nSPS) is 10.8. The molecule has 1 aromatic carbocycles. The lowest BCUT2D eigenvalue weighted by atomic mass is 10.2. The molecule has 0 unspecified atom stereocenters. The fourth-order valence-electron chi connectivity index (χ4n) is 1.96. The summed E-state index contributed by atoms with van der Waals surface area (Å²) < 4.78 is 5.10. The van der Waals surface area contributed by atoms with E-state index in [1.807, 2.05) is 0 Å². The van der Waals surface area contributed by atoms with Crippen LogP contribution in [0.2, 0.25) is 0 Å². The van der Waals surface area contributed by atoms with Crippen molar-refractivity contribution in [2.75, 3.05) is 0 Å². The minimum Gasteiger partial charge on any atom is -0.399 e. The summed E-state index contributed by atoms with van der Waals surface area (Å²) >= 11 is 0. The maximum atomic E-state index is 11.9. The van der Waals surface area contributed by atoms with Gasteiger partial charge in [0.2, 0.25) is 0 Å². The molecule has 3 aromatic rings. The number of nitro groups is 1. The number of benzene rings is 1. The molecule has 9 nitrogen and oxygen atoms in total. The van der Waals surface area contributed by atoms with Crippen molar-refractivity contribution in [1.82, 2.24) is 15.6 Å². The molecule has 0 aliphatic rings. The van der Waals surface area contributed by atoms with Crippen molar-refractivity contribution in [3.05, 3.63) is 69.9 Å². The zero-order valence-electron chi connectivity index (χ0n) is 12.2. The van der Waals surface area contributed by atoms with E-state index in [0.29, 0.717) is 16.8 Å². The zero-order valence-corrected chi connectivity index (χ0v) is 12.2. The fraction of sp³-hybridized carbons (Fsp3) is 0. The van der Waals surface area contributed by atoms with E-state index in [0.717, 1.165) is 0 Å². The van der Waals surface area contributed by atoms with E-state index in [9.17, 15) is 14.9 Å². The third-order valence-corrected chi connectivity index (χ3v) is 3.08. The summed E-state index contributed by atoms with van der Waals surface area (Å²) in [4.78, 5) is 21.9. The van der Waals surface area contributed by atoms with Crippen molar-refractivity contribution in [3.8, 4) is 11.5 Å². The summed E-state index contributed by atoms with van der Waals surface area (Å²) in [6.45, 7) is 0. The Bertz CT molecular complexity index is 897. The van der Waals surface area contributed by atoms with Crippen LogP contribution in [-0.2, 0) is 0 Å². The maximum absolute atomic E-state index is 11.9. The number of carbonyl (C=O) groups excluding carboxylic acids is 1. The molecule has 0 saturated heterocycles. The van der Waals surface area contributed by atoms with Gasteiger partial charge in [-0.05, 0) is 18.2 Å². The topological polar surface area (TPSA) is 126 Å². The number of nitrogens with one attached hydrogen (secondary N) is 2. The standard InChI is InChI=1S/C15H11N5O4/c21-15(10-4-2-1-3-5-10)19-17-9-11-8-16-18-14(11)12-6-7-13(24-12)20(22)23/h1-9H,(H,16,18)(H,19,21)/b17-9+. The highest BCUT2D eigenvalue weighted by molar-refractivity contribution is 5.95. The number of hydrogen-bond donors (Lipinski definition) is 2. The van der Waals surface area contributed by atoms with Crippen molar-refractivity contribution in [2.24, 2.45) is 5.10 Å². The minimum atomic E-state index is -0.635. The number of furan rings is 1. The third kappa shape index (κ3) is 3.19. The highest BCUT2D eigenvalue weighted by Crippen LogP contribution is 2.26. The quantitative estimate of drug-likeness (QED) is 0.423. The molecule has 0 fully saturated rings. The molecule has 120 valence electrons. The fourth-order valence-corrected chi connectivity index (χ4v) is 1.96. The largest absolute Gasteiger partial charge is 0.433 e. The molecule has 0 bridgehead atoms. The monoisotopic (exact) mass is 325 g/mol. The van der Waals surface area contributed by atoms with Crippen LogP contribution in [0.1, 0.15) is 15.9 Å². The summed E-state index contributed by atoms with van der Waals surface area (Å²) in [7, 11) is 0. The first-order valence-electron chi connectivity index (χ1n) is 6.82. The molecule has 2 aromatic heterocycles. The van der Waals surface area contributed by atoms with E-state index in [1.165, 1.54) is 24.5 Å². The summed E-state index contributed by atoms with van der Waals surface area (Å²) in [6, 6.07) is 11.3. The molecule has 0 spiro atoms. The molecule has 3 rings (SSSR count). The molecule has 9 heteroatoms. The molecule has 0 aliphatic carbocycles. The lowest BCUT2D eigenvalue weighted by Crippen LogP contribution is -2.17. The van der Waals surface area contributed by atoms with Gasteiger partial charge in [0.1, 0.15) is 10.6 Å².